The summed E-state index contributed by atoms with van der Waals surface area (Å²) in [6.07, 6.45) is 6.91. The van der Waals surface area contributed by atoms with Gasteiger partial charge in [-0.05, 0) is 56.5 Å². The van der Waals surface area contributed by atoms with E-state index in [1.165, 1.54) is 31.2 Å². The predicted molar refractivity (Wildman–Crippen MR) is 103 cm³/mol. The Hall–Kier alpha value is -1.55. The number of benzene rings is 1. The van der Waals surface area contributed by atoms with Crippen LogP contribution in [0.15, 0.2) is 24.3 Å². The van der Waals surface area contributed by atoms with E-state index in [1.807, 2.05) is 12.1 Å². The average Bonchev–Trinajstić information content (AvgIpc) is 2.93. The number of carbonyl (C=O) groups is 1. The molecule has 0 radical (unpaired) electrons. The zero-order valence-corrected chi connectivity index (χ0v) is 16.1. The maximum absolute atomic E-state index is 12.4. The summed E-state index contributed by atoms with van der Waals surface area (Å²) in [5, 5.41) is 3.22. The van der Waals surface area contributed by atoms with Crippen LogP contribution in [0.3, 0.4) is 0 Å². The maximum atomic E-state index is 12.4. The maximum Gasteiger partial charge on any atom is 0.223 e. The van der Waals surface area contributed by atoms with Gasteiger partial charge < -0.3 is 10.1 Å². The van der Waals surface area contributed by atoms with Crippen LogP contribution in [0.25, 0.3) is 0 Å². The molecule has 140 valence electrons. The smallest absolute Gasteiger partial charge is 0.223 e. The van der Waals surface area contributed by atoms with E-state index in [2.05, 4.69) is 36.2 Å². The van der Waals surface area contributed by atoms with Gasteiger partial charge in [0.1, 0.15) is 5.75 Å². The van der Waals surface area contributed by atoms with E-state index in [1.54, 1.807) is 7.11 Å². The highest BCUT2D eigenvalue weighted by molar-refractivity contribution is 5.78. The van der Waals surface area contributed by atoms with Crippen molar-refractivity contribution in [2.75, 3.05) is 26.7 Å². The summed E-state index contributed by atoms with van der Waals surface area (Å²) in [4.78, 5) is 15.0. The summed E-state index contributed by atoms with van der Waals surface area (Å²) in [5.74, 6) is 1.19. The molecule has 0 aromatic heterocycles. The highest BCUT2D eigenvalue weighted by atomic mass is 16.5. The minimum absolute atomic E-state index is 0.126. The number of nitrogens with zero attached hydrogens (tertiary/aromatic N) is 1. The summed E-state index contributed by atoms with van der Waals surface area (Å²) in [5.41, 5.74) is 1.26. The van der Waals surface area contributed by atoms with Crippen LogP contribution in [0, 0.1) is 5.92 Å². The lowest BCUT2D eigenvalue weighted by Gasteiger charge is -2.31. The van der Waals surface area contributed by atoms with Gasteiger partial charge in [-0.2, -0.15) is 0 Å². The zero-order chi connectivity index (χ0) is 18.1. The number of ether oxygens (including phenoxy) is 1. The lowest BCUT2D eigenvalue weighted by Crippen LogP contribution is -2.40. The number of likely N-dealkylation sites (tertiary alicyclic amines) is 1. The van der Waals surface area contributed by atoms with Gasteiger partial charge in [0.05, 0.1) is 13.2 Å². The fourth-order valence-corrected chi connectivity index (χ4v) is 3.69. The second-order valence-corrected chi connectivity index (χ2v) is 7.00. The molecule has 2 rings (SSSR count). The molecule has 1 aromatic rings. The average molecular weight is 347 g/mol. The van der Waals surface area contributed by atoms with Crippen LogP contribution in [0.1, 0.15) is 64.0 Å². The van der Waals surface area contributed by atoms with Crippen molar-refractivity contribution in [3.63, 3.8) is 0 Å². The lowest BCUT2D eigenvalue weighted by atomic mass is 10.0. The summed E-state index contributed by atoms with van der Waals surface area (Å²) in [7, 11) is 1.69. The SMILES string of the molecule is CCC(CC)C(=O)NCC(c1ccc(OC)cc1)N1CCCCCC1. The number of hydrogen-bond acceptors (Lipinski definition) is 3. The quantitative estimate of drug-likeness (QED) is 0.768. The van der Waals surface area contributed by atoms with Crippen molar-refractivity contribution in [1.29, 1.82) is 0 Å². The Morgan fingerprint density at radius 3 is 2.20 bits per heavy atom. The molecule has 0 spiro atoms. The third-order valence-corrected chi connectivity index (χ3v) is 5.41. The van der Waals surface area contributed by atoms with Crippen molar-refractivity contribution in [3.8, 4) is 5.75 Å². The molecule has 4 heteroatoms. The molecule has 1 atom stereocenters. The van der Waals surface area contributed by atoms with E-state index in [-0.39, 0.29) is 17.9 Å². The van der Waals surface area contributed by atoms with Crippen LogP contribution in [0.5, 0.6) is 5.75 Å². The van der Waals surface area contributed by atoms with Crippen LogP contribution in [0.4, 0.5) is 0 Å². The molecule has 1 saturated heterocycles. The van der Waals surface area contributed by atoms with E-state index < -0.39 is 0 Å². The van der Waals surface area contributed by atoms with Crippen LogP contribution in [-0.2, 0) is 4.79 Å². The third kappa shape index (κ3) is 5.74. The van der Waals surface area contributed by atoms with Crippen molar-refractivity contribution in [1.82, 2.24) is 10.2 Å². The molecule has 1 aromatic carbocycles. The van der Waals surface area contributed by atoms with E-state index in [9.17, 15) is 4.79 Å². The molecule has 1 amide bonds. The first-order valence-electron chi connectivity index (χ1n) is 9.85. The second-order valence-electron chi connectivity index (χ2n) is 7.00. The first-order chi connectivity index (χ1) is 12.2. The predicted octanol–water partition coefficient (Wildman–Crippen LogP) is 4.16. The number of amides is 1. The molecule has 25 heavy (non-hydrogen) atoms. The molecule has 0 aliphatic carbocycles. The first-order valence-corrected chi connectivity index (χ1v) is 9.85. The number of methoxy groups -OCH3 is 1. The van der Waals surface area contributed by atoms with Crippen LogP contribution < -0.4 is 10.1 Å². The molecule has 1 N–H and O–H groups in total. The van der Waals surface area contributed by atoms with E-state index >= 15 is 0 Å². The van der Waals surface area contributed by atoms with Crippen molar-refractivity contribution in [3.05, 3.63) is 29.8 Å². The molecule has 1 aliphatic rings. The molecule has 4 nitrogen and oxygen atoms in total. The molecular formula is C21H34N2O2. The van der Waals surface area contributed by atoms with Gasteiger partial charge in [-0.25, -0.2) is 0 Å². The minimum atomic E-state index is 0.126. The summed E-state index contributed by atoms with van der Waals surface area (Å²) < 4.78 is 5.29. The van der Waals surface area contributed by atoms with Crippen molar-refractivity contribution >= 4 is 5.91 Å². The highest BCUT2D eigenvalue weighted by Crippen LogP contribution is 2.25. The Morgan fingerprint density at radius 1 is 1.08 bits per heavy atom. The summed E-state index contributed by atoms with van der Waals surface area (Å²) in [6.45, 7) is 7.07. The van der Waals surface area contributed by atoms with Gasteiger partial charge in [0, 0.05) is 12.5 Å². The Morgan fingerprint density at radius 2 is 1.68 bits per heavy atom. The number of hydrogen-bond donors (Lipinski definition) is 1. The normalized spacial score (nSPS) is 17.1. The Balaban J connectivity index is 2.11. The third-order valence-electron chi connectivity index (χ3n) is 5.41. The number of nitrogens with one attached hydrogen (secondary N) is 1. The summed E-state index contributed by atoms with van der Waals surface area (Å²) in [6, 6.07) is 8.54. The fourth-order valence-electron chi connectivity index (χ4n) is 3.69. The molecule has 1 heterocycles. The van der Waals surface area contributed by atoms with Gasteiger partial charge in [-0.1, -0.05) is 38.8 Å². The van der Waals surface area contributed by atoms with E-state index in [0.717, 1.165) is 31.7 Å². The monoisotopic (exact) mass is 346 g/mol. The largest absolute Gasteiger partial charge is 0.497 e. The highest BCUT2D eigenvalue weighted by Gasteiger charge is 2.23. The fraction of sp³-hybridized carbons (Fsp3) is 0.667. The van der Waals surface area contributed by atoms with Crippen LogP contribution in [-0.4, -0.2) is 37.6 Å². The van der Waals surface area contributed by atoms with Crippen LogP contribution in [0.2, 0.25) is 0 Å². The first kappa shape index (κ1) is 19.8. The van der Waals surface area contributed by atoms with Gasteiger partial charge in [0.2, 0.25) is 5.91 Å². The molecule has 1 fully saturated rings. The standard InChI is InChI=1S/C21H34N2O2/c1-4-17(5-2)21(24)22-16-20(23-14-8-6-7-9-15-23)18-10-12-19(25-3)13-11-18/h10-13,17,20H,4-9,14-16H2,1-3H3,(H,22,24). The molecule has 1 unspecified atom stereocenters. The zero-order valence-electron chi connectivity index (χ0n) is 16.1. The van der Waals surface area contributed by atoms with E-state index in [0.29, 0.717) is 6.54 Å². The van der Waals surface area contributed by atoms with Gasteiger partial charge in [-0.15, -0.1) is 0 Å². The molecule has 1 aliphatic heterocycles. The van der Waals surface area contributed by atoms with Gasteiger partial charge >= 0.3 is 0 Å². The van der Waals surface area contributed by atoms with Crippen molar-refractivity contribution in [2.45, 2.75) is 58.4 Å². The minimum Gasteiger partial charge on any atom is -0.497 e. The lowest BCUT2D eigenvalue weighted by molar-refractivity contribution is -0.125. The molecule has 0 bridgehead atoms. The number of rotatable bonds is 8. The molecule has 0 saturated carbocycles. The van der Waals surface area contributed by atoms with Gasteiger partial charge in [0.15, 0.2) is 0 Å². The number of carbonyl (C=O) groups excluding carboxylic acids is 1. The van der Waals surface area contributed by atoms with E-state index in [4.69, 9.17) is 4.74 Å². The second kappa shape index (κ2) is 10.4. The Bertz CT molecular complexity index is 503. The van der Waals surface area contributed by atoms with Crippen molar-refractivity contribution < 1.29 is 9.53 Å². The Kier molecular flexibility index (Phi) is 8.26. The van der Waals surface area contributed by atoms with Gasteiger partial charge in [0.25, 0.3) is 0 Å². The van der Waals surface area contributed by atoms with Crippen molar-refractivity contribution in [2.24, 2.45) is 5.92 Å². The topological polar surface area (TPSA) is 41.6 Å². The van der Waals surface area contributed by atoms with Crippen LogP contribution >= 0.6 is 0 Å². The summed E-state index contributed by atoms with van der Waals surface area (Å²) >= 11 is 0. The van der Waals surface area contributed by atoms with Gasteiger partial charge in [-0.3, -0.25) is 9.69 Å². The Labute approximate surface area is 152 Å². The molecular weight excluding hydrogens is 312 g/mol.